The van der Waals surface area contributed by atoms with Gasteiger partial charge < -0.3 is 20.9 Å². The summed E-state index contributed by atoms with van der Waals surface area (Å²) < 4.78 is 6.02. The summed E-state index contributed by atoms with van der Waals surface area (Å²) in [5, 5.41) is 14.6. The third kappa shape index (κ3) is 4.36. The maximum atomic E-state index is 10.9. The molecule has 2 fully saturated rings. The Morgan fingerprint density at radius 1 is 1.18 bits per heavy atom. The van der Waals surface area contributed by atoms with Gasteiger partial charge in [0.05, 0.1) is 17.5 Å². The van der Waals surface area contributed by atoms with Crippen LogP contribution in [0.25, 0.3) is 0 Å². The summed E-state index contributed by atoms with van der Waals surface area (Å²) in [4.78, 5) is 4.35. The van der Waals surface area contributed by atoms with Gasteiger partial charge in [-0.15, -0.1) is 0 Å². The number of hydrogen-bond donors (Lipinski definition) is 3. The number of benzene rings is 1. The summed E-state index contributed by atoms with van der Waals surface area (Å²) in [6.07, 6.45) is 9.26. The zero-order valence-electron chi connectivity index (χ0n) is 16.0. The van der Waals surface area contributed by atoms with Gasteiger partial charge in [0.2, 0.25) is 5.88 Å². The fraction of sp³-hybridized carbons (Fsp3) is 0.500. The Bertz CT molecular complexity index is 819. The number of aliphatic hydroxyl groups is 1. The minimum atomic E-state index is -0.584. The fourth-order valence-electron chi connectivity index (χ4n) is 3.90. The number of nitrogens with one attached hydrogen (secondary N) is 1. The Morgan fingerprint density at radius 2 is 1.96 bits per heavy atom. The van der Waals surface area contributed by atoms with Gasteiger partial charge in [-0.2, -0.15) is 0 Å². The molecule has 1 unspecified atom stereocenters. The summed E-state index contributed by atoms with van der Waals surface area (Å²) in [6.45, 7) is 0.915. The van der Waals surface area contributed by atoms with Crippen LogP contribution in [0.3, 0.4) is 0 Å². The molecule has 0 spiro atoms. The normalized spacial score (nSPS) is 18.6. The number of nitrogens with zero attached hydrogens (tertiary/aromatic N) is 1. The van der Waals surface area contributed by atoms with Crippen molar-refractivity contribution in [2.45, 2.75) is 51.0 Å². The molecule has 1 heterocycles. The summed E-state index contributed by atoms with van der Waals surface area (Å²) in [6, 6.07) is 7.40. The molecule has 1 aromatic heterocycles. The smallest absolute Gasteiger partial charge is 0.225 e. The van der Waals surface area contributed by atoms with Crippen LogP contribution in [-0.4, -0.2) is 16.6 Å². The van der Waals surface area contributed by atoms with Crippen LogP contribution < -0.4 is 15.8 Å². The van der Waals surface area contributed by atoms with E-state index in [2.05, 4.69) is 10.3 Å². The van der Waals surface area contributed by atoms with Crippen molar-refractivity contribution in [3.05, 3.63) is 41.0 Å². The van der Waals surface area contributed by atoms with Crippen LogP contribution in [0.1, 0.15) is 56.6 Å². The van der Waals surface area contributed by atoms with Crippen molar-refractivity contribution in [2.75, 3.05) is 17.6 Å². The molecule has 0 bridgehead atoms. The van der Waals surface area contributed by atoms with Crippen LogP contribution in [-0.2, 0) is 0 Å². The van der Waals surface area contributed by atoms with Gasteiger partial charge in [0.25, 0.3) is 0 Å². The first-order valence-corrected chi connectivity index (χ1v) is 10.6. The first kappa shape index (κ1) is 19.3. The molecule has 0 amide bonds. The van der Waals surface area contributed by atoms with E-state index in [0.717, 1.165) is 43.8 Å². The molecule has 1 aromatic carbocycles. The van der Waals surface area contributed by atoms with Crippen molar-refractivity contribution in [2.24, 2.45) is 11.8 Å². The number of pyridine rings is 1. The summed E-state index contributed by atoms with van der Waals surface area (Å²) in [5.41, 5.74) is 8.23. The number of anilines is 2. The number of aliphatic hydroxyl groups excluding tert-OH is 1. The SMILES string of the molecule is Nc1c(NCC2CC2)ccc(Oc2ncccc2C(O)C2CCCCC2)c1Cl. The molecule has 4 rings (SSSR count). The van der Waals surface area contributed by atoms with Gasteiger partial charge in [-0.3, -0.25) is 0 Å². The topological polar surface area (TPSA) is 80.4 Å². The highest BCUT2D eigenvalue weighted by molar-refractivity contribution is 6.35. The molecular weight excluding hydrogens is 374 g/mol. The van der Waals surface area contributed by atoms with Gasteiger partial charge in [-0.05, 0) is 61.8 Å². The standard InChI is InChI=1S/C22H28ClN3O2/c23-19-18(11-10-17(20(19)24)26-13-14-8-9-14)28-22-16(7-4-12-25-22)21(27)15-5-2-1-3-6-15/h4,7,10-12,14-15,21,26-27H,1-3,5-6,8-9,13,24H2. The maximum absolute atomic E-state index is 10.9. The van der Waals surface area contributed by atoms with Gasteiger partial charge >= 0.3 is 0 Å². The summed E-state index contributed by atoms with van der Waals surface area (Å²) in [7, 11) is 0. The third-order valence-corrected chi connectivity index (χ3v) is 6.23. The van der Waals surface area contributed by atoms with Crippen LogP contribution in [0.4, 0.5) is 11.4 Å². The van der Waals surface area contributed by atoms with Crippen molar-refractivity contribution in [1.29, 1.82) is 0 Å². The van der Waals surface area contributed by atoms with Crippen molar-refractivity contribution >= 4 is 23.0 Å². The molecular formula is C22H28ClN3O2. The molecule has 0 saturated heterocycles. The number of ether oxygens (including phenoxy) is 1. The molecule has 4 N–H and O–H groups in total. The predicted octanol–water partition coefficient (Wildman–Crippen LogP) is 5.55. The molecule has 2 saturated carbocycles. The third-order valence-electron chi connectivity index (χ3n) is 5.84. The highest BCUT2D eigenvalue weighted by Crippen LogP contribution is 2.42. The Morgan fingerprint density at radius 3 is 2.71 bits per heavy atom. The van der Waals surface area contributed by atoms with E-state index in [-0.39, 0.29) is 5.92 Å². The minimum absolute atomic E-state index is 0.245. The van der Waals surface area contributed by atoms with E-state index in [4.69, 9.17) is 22.1 Å². The van der Waals surface area contributed by atoms with Gasteiger partial charge in [-0.1, -0.05) is 30.9 Å². The zero-order valence-corrected chi connectivity index (χ0v) is 16.8. The van der Waals surface area contributed by atoms with E-state index in [9.17, 15) is 5.11 Å². The van der Waals surface area contributed by atoms with E-state index in [0.29, 0.717) is 27.9 Å². The Kier molecular flexibility index (Phi) is 5.93. The molecule has 0 radical (unpaired) electrons. The van der Waals surface area contributed by atoms with Crippen LogP contribution in [0.5, 0.6) is 11.6 Å². The monoisotopic (exact) mass is 401 g/mol. The molecule has 2 aromatic rings. The lowest BCUT2D eigenvalue weighted by atomic mass is 9.83. The van der Waals surface area contributed by atoms with E-state index < -0.39 is 6.10 Å². The summed E-state index contributed by atoms with van der Waals surface area (Å²) >= 11 is 6.48. The lowest BCUT2D eigenvalue weighted by Crippen LogP contribution is -2.16. The van der Waals surface area contributed by atoms with Gasteiger partial charge in [0, 0.05) is 18.3 Å². The van der Waals surface area contributed by atoms with Crippen molar-refractivity contribution in [1.82, 2.24) is 4.98 Å². The van der Waals surface area contributed by atoms with E-state index >= 15 is 0 Å². The highest BCUT2D eigenvalue weighted by atomic mass is 35.5. The first-order valence-electron chi connectivity index (χ1n) is 10.3. The molecule has 2 aliphatic rings. The van der Waals surface area contributed by atoms with Gasteiger partial charge in [0.1, 0.15) is 10.8 Å². The number of aromatic nitrogens is 1. The molecule has 6 heteroatoms. The second-order valence-corrected chi connectivity index (χ2v) is 8.38. The quantitative estimate of drug-likeness (QED) is 0.530. The van der Waals surface area contributed by atoms with Crippen molar-refractivity contribution < 1.29 is 9.84 Å². The van der Waals surface area contributed by atoms with Gasteiger partial charge in [-0.25, -0.2) is 4.98 Å². The number of rotatable bonds is 7. The molecule has 0 aliphatic heterocycles. The molecule has 28 heavy (non-hydrogen) atoms. The average molecular weight is 402 g/mol. The maximum Gasteiger partial charge on any atom is 0.225 e. The largest absolute Gasteiger partial charge is 0.437 e. The van der Waals surface area contributed by atoms with Crippen molar-refractivity contribution in [3.63, 3.8) is 0 Å². The van der Waals surface area contributed by atoms with Crippen molar-refractivity contribution in [3.8, 4) is 11.6 Å². The average Bonchev–Trinajstić information content (AvgIpc) is 3.56. The second kappa shape index (κ2) is 8.58. The predicted molar refractivity (Wildman–Crippen MR) is 113 cm³/mol. The van der Waals surface area contributed by atoms with Crippen LogP contribution in [0.15, 0.2) is 30.5 Å². The Hall–Kier alpha value is -1.98. The number of halogens is 1. The number of hydrogen-bond acceptors (Lipinski definition) is 5. The molecule has 1 atom stereocenters. The zero-order chi connectivity index (χ0) is 19.5. The van der Waals surface area contributed by atoms with Crippen LogP contribution in [0, 0.1) is 11.8 Å². The fourth-order valence-corrected chi connectivity index (χ4v) is 4.11. The number of nitrogen functional groups attached to an aromatic ring is 1. The lowest BCUT2D eigenvalue weighted by Gasteiger charge is -2.27. The second-order valence-electron chi connectivity index (χ2n) is 8.01. The summed E-state index contributed by atoms with van der Waals surface area (Å²) in [5.74, 6) is 1.83. The lowest BCUT2D eigenvalue weighted by molar-refractivity contribution is 0.0824. The van der Waals surface area contributed by atoms with E-state index in [1.54, 1.807) is 12.3 Å². The van der Waals surface area contributed by atoms with Crippen LogP contribution >= 0.6 is 11.6 Å². The first-order chi connectivity index (χ1) is 13.6. The Labute approximate surface area is 171 Å². The van der Waals surface area contributed by atoms with E-state index in [1.807, 2.05) is 18.2 Å². The highest BCUT2D eigenvalue weighted by Gasteiger charge is 2.27. The van der Waals surface area contributed by atoms with Gasteiger partial charge in [0.15, 0.2) is 0 Å². The molecule has 150 valence electrons. The Balaban J connectivity index is 1.53. The van der Waals surface area contributed by atoms with Crippen LogP contribution in [0.2, 0.25) is 5.02 Å². The molecule has 5 nitrogen and oxygen atoms in total. The minimum Gasteiger partial charge on any atom is -0.437 e. The van der Waals surface area contributed by atoms with E-state index in [1.165, 1.54) is 19.3 Å². The molecule has 2 aliphatic carbocycles. The number of nitrogens with two attached hydrogens (primary N) is 1.